The van der Waals surface area contributed by atoms with Crippen molar-refractivity contribution in [2.24, 2.45) is 5.41 Å². The molecule has 6 heteroatoms. The summed E-state index contributed by atoms with van der Waals surface area (Å²) in [6.07, 6.45) is 8.55. The molecule has 0 fully saturated rings. The number of aliphatic hydroxyl groups is 3. The van der Waals surface area contributed by atoms with Gasteiger partial charge in [0, 0.05) is 13.0 Å². The molecular weight excluding hydrogens is 288 g/mol. The Morgan fingerprint density at radius 3 is 1.68 bits per heavy atom. The highest BCUT2D eigenvalue weighted by atomic mass is 16.5. The summed E-state index contributed by atoms with van der Waals surface area (Å²) in [6, 6.07) is 0. The number of hydrogen-bond acceptors (Lipinski definition) is 5. The van der Waals surface area contributed by atoms with Crippen molar-refractivity contribution in [3.05, 3.63) is 0 Å². The molecule has 0 saturated heterocycles. The van der Waals surface area contributed by atoms with Gasteiger partial charge in [-0.05, 0) is 12.8 Å². The Bertz CT molecular complexity index is 257. The van der Waals surface area contributed by atoms with Gasteiger partial charge in [-0.1, -0.05) is 38.5 Å². The van der Waals surface area contributed by atoms with Crippen LogP contribution in [0.4, 0.5) is 0 Å². The van der Waals surface area contributed by atoms with E-state index in [-0.39, 0.29) is 32.8 Å². The summed E-state index contributed by atoms with van der Waals surface area (Å²) in [7, 11) is 0. The predicted molar refractivity (Wildman–Crippen MR) is 83.7 cm³/mol. The summed E-state index contributed by atoms with van der Waals surface area (Å²) in [5.41, 5.74) is -0.935. The number of hydrogen-bond donors (Lipinski definition) is 4. The first-order valence-corrected chi connectivity index (χ1v) is 8.22. The SMILES string of the molecule is O=C(O)CCCCCCCCCCOCC(CO)(CO)CO. The number of aliphatic carboxylic acids is 1. The number of aliphatic hydroxyl groups excluding tert-OH is 3. The fraction of sp³-hybridized carbons (Fsp3) is 0.938. The van der Waals surface area contributed by atoms with Crippen LogP contribution in [0.5, 0.6) is 0 Å². The molecule has 132 valence electrons. The highest BCUT2D eigenvalue weighted by molar-refractivity contribution is 5.66. The predicted octanol–water partition coefficient (Wildman–Crippen LogP) is 1.56. The van der Waals surface area contributed by atoms with E-state index in [1.165, 1.54) is 0 Å². The zero-order valence-electron chi connectivity index (χ0n) is 13.5. The van der Waals surface area contributed by atoms with Gasteiger partial charge in [-0.25, -0.2) is 0 Å². The molecule has 0 aromatic rings. The molecule has 0 heterocycles. The molecule has 0 saturated carbocycles. The highest BCUT2D eigenvalue weighted by Gasteiger charge is 2.28. The van der Waals surface area contributed by atoms with Gasteiger partial charge < -0.3 is 25.2 Å². The molecule has 0 aromatic carbocycles. The number of carboxylic acids is 1. The van der Waals surface area contributed by atoms with Gasteiger partial charge in [-0.2, -0.15) is 0 Å². The zero-order valence-corrected chi connectivity index (χ0v) is 13.5. The Morgan fingerprint density at radius 2 is 1.23 bits per heavy atom. The first-order valence-electron chi connectivity index (χ1n) is 8.22. The maximum atomic E-state index is 10.3. The molecule has 0 spiro atoms. The summed E-state index contributed by atoms with van der Waals surface area (Å²) in [5.74, 6) is -0.715. The summed E-state index contributed by atoms with van der Waals surface area (Å²) < 4.78 is 5.42. The summed E-state index contributed by atoms with van der Waals surface area (Å²) in [5, 5.41) is 35.9. The normalized spacial score (nSPS) is 11.8. The molecule has 0 radical (unpaired) electrons. The van der Waals surface area contributed by atoms with Crippen LogP contribution in [-0.2, 0) is 9.53 Å². The fourth-order valence-electron chi connectivity index (χ4n) is 2.12. The van der Waals surface area contributed by atoms with E-state index in [4.69, 9.17) is 25.2 Å². The lowest BCUT2D eigenvalue weighted by molar-refractivity contribution is -0.137. The van der Waals surface area contributed by atoms with Crippen LogP contribution >= 0.6 is 0 Å². The van der Waals surface area contributed by atoms with Crippen LogP contribution in [0.2, 0.25) is 0 Å². The minimum atomic E-state index is -0.935. The smallest absolute Gasteiger partial charge is 0.303 e. The van der Waals surface area contributed by atoms with Gasteiger partial charge in [-0.15, -0.1) is 0 Å². The van der Waals surface area contributed by atoms with E-state index in [0.717, 1.165) is 51.4 Å². The second-order valence-electron chi connectivity index (χ2n) is 6.00. The van der Waals surface area contributed by atoms with Crippen molar-refractivity contribution in [3.63, 3.8) is 0 Å². The quantitative estimate of drug-likeness (QED) is 0.322. The topological polar surface area (TPSA) is 107 Å². The standard InChI is InChI=1S/C16H32O6/c17-11-16(12-18,13-19)14-22-10-8-6-4-2-1-3-5-7-9-15(20)21/h17-19H,1-14H2,(H,20,21). The first-order chi connectivity index (χ1) is 10.6. The number of unbranched alkanes of at least 4 members (excludes halogenated alkanes) is 7. The first kappa shape index (κ1) is 21.3. The van der Waals surface area contributed by atoms with E-state index in [9.17, 15) is 4.79 Å². The van der Waals surface area contributed by atoms with Crippen molar-refractivity contribution in [2.75, 3.05) is 33.0 Å². The number of ether oxygens (including phenoxy) is 1. The van der Waals surface area contributed by atoms with Crippen molar-refractivity contribution in [1.82, 2.24) is 0 Å². The Morgan fingerprint density at radius 1 is 0.773 bits per heavy atom. The lowest BCUT2D eigenvalue weighted by Crippen LogP contribution is -2.38. The van der Waals surface area contributed by atoms with Gasteiger partial charge in [-0.3, -0.25) is 4.79 Å². The highest BCUT2D eigenvalue weighted by Crippen LogP contribution is 2.15. The molecule has 0 aliphatic rings. The molecule has 0 unspecified atom stereocenters. The molecule has 0 aliphatic carbocycles. The minimum Gasteiger partial charge on any atom is -0.481 e. The van der Waals surface area contributed by atoms with Gasteiger partial charge >= 0.3 is 5.97 Å². The molecule has 0 aliphatic heterocycles. The fourth-order valence-corrected chi connectivity index (χ4v) is 2.12. The van der Waals surface area contributed by atoms with E-state index < -0.39 is 11.4 Å². The van der Waals surface area contributed by atoms with Crippen molar-refractivity contribution in [2.45, 2.75) is 57.8 Å². The third kappa shape index (κ3) is 11.0. The summed E-state index contributed by atoms with van der Waals surface area (Å²) in [6.45, 7) is -0.133. The Hall–Kier alpha value is -0.690. The van der Waals surface area contributed by atoms with Crippen LogP contribution < -0.4 is 0 Å². The van der Waals surface area contributed by atoms with Crippen LogP contribution in [-0.4, -0.2) is 59.4 Å². The third-order valence-corrected chi connectivity index (χ3v) is 3.84. The third-order valence-electron chi connectivity index (χ3n) is 3.84. The van der Waals surface area contributed by atoms with E-state index >= 15 is 0 Å². The molecular formula is C16H32O6. The average molecular weight is 320 g/mol. The molecule has 0 aromatic heterocycles. The zero-order chi connectivity index (χ0) is 16.7. The Labute approximate surface area is 133 Å². The van der Waals surface area contributed by atoms with Crippen LogP contribution in [0.25, 0.3) is 0 Å². The van der Waals surface area contributed by atoms with Gasteiger partial charge in [0.1, 0.15) is 0 Å². The molecule has 0 atom stereocenters. The van der Waals surface area contributed by atoms with E-state index in [0.29, 0.717) is 6.61 Å². The lowest BCUT2D eigenvalue weighted by Gasteiger charge is -2.26. The van der Waals surface area contributed by atoms with Crippen LogP contribution in [0, 0.1) is 5.41 Å². The molecule has 4 N–H and O–H groups in total. The monoisotopic (exact) mass is 320 g/mol. The Balaban J connectivity index is 3.32. The summed E-state index contributed by atoms with van der Waals surface area (Å²) in [4.78, 5) is 10.3. The largest absolute Gasteiger partial charge is 0.481 e. The number of carbonyl (C=O) groups is 1. The van der Waals surface area contributed by atoms with Crippen LogP contribution in [0.3, 0.4) is 0 Å². The second-order valence-corrected chi connectivity index (χ2v) is 6.00. The summed E-state index contributed by atoms with van der Waals surface area (Å²) >= 11 is 0. The van der Waals surface area contributed by atoms with Crippen molar-refractivity contribution < 1.29 is 30.0 Å². The van der Waals surface area contributed by atoms with E-state index in [1.54, 1.807) is 0 Å². The maximum Gasteiger partial charge on any atom is 0.303 e. The second kappa shape index (κ2) is 13.9. The Kier molecular flexibility index (Phi) is 13.5. The van der Waals surface area contributed by atoms with Crippen LogP contribution in [0.15, 0.2) is 0 Å². The molecule has 22 heavy (non-hydrogen) atoms. The van der Waals surface area contributed by atoms with E-state index in [2.05, 4.69) is 0 Å². The van der Waals surface area contributed by atoms with Crippen LogP contribution in [0.1, 0.15) is 57.8 Å². The van der Waals surface area contributed by atoms with Gasteiger partial charge in [0.05, 0.1) is 31.8 Å². The van der Waals surface area contributed by atoms with Crippen molar-refractivity contribution in [1.29, 1.82) is 0 Å². The van der Waals surface area contributed by atoms with Gasteiger partial charge in [0.2, 0.25) is 0 Å². The maximum absolute atomic E-state index is 10.3. The lowest BCUT2D eigenvalue weighted by atomic mass is 9.93. The molecule has 0 rings (SSSR count). The number of carboxylic acid groups (broad SMARTS) is 1. The number of rotatable bonds is 16. The van der Waals surface area contributed by atoms with Gasteiger partial charge in [0.15, 0.2) is 0 Å². The minimum absolute atomic E-state index is 0.167. The van der Waals surface area contributed by atoms with Gasteiger partial charge in [0.25, 0.3) is 0 Å². The van der Waals surface area contributed by atoms with Crippen molar-refractivity contribution >= 4 is 5.97 Å². The average Bonchev–Trinajstić information content (AvgIpc) is 2.52. The molecule has 6 nitrogen and oxygen atoms in total. The molecule has 0 amide bonds. The van der Waals surface area contributed by atoms with Crippen molar-refractivity contribution in [3.8, 4) is 0 Å². The van der Waals surface area contributed by atoms with E-state index in [1.807, 2.05) is 0 Å². The molecule has 0 bridgehead atoms.